The molecule has 2 nitrogen and oxygen atoms in total. The number of nitrogens with zero attached hydrogens (tertiary/aromatic N) is 1. The summed E-state index contributed by atoms with van der Waals surface area (Å²) < 4.78 is 0. The Balaban J connectivity index is 2.66. The monoisotopic (exact) mass is 196 g/mol. The Morgan fingerprint density at radius 1 is 1.13 bits per heavy atom. The van der Waals surface area contributed by atoms with E-state index in [9.17, 15) is 0 Å². The molecule has 0 aliphatic carbocycles. The molecule has 1 N–H and O–H groups in total. The first-order valence-electron chi connectivity index (χ1n) is 4.91. The van der Waals surface area contributed by atoms with Crippen molar-refractivity contribution < 1.29 is 0 Å². The third kappa shape index (κ3) is 1.70. The van der Waals surface area contributed by atoms with E-state index in [2.05, 4.69) is 23.5 Å². The van der Waals surface area contributed by atoms with Crippen LogP contribution in [0.2, 0.25) is 0 Å². The van der Waals surface area contributed by atoms with E-state index in [1.54, 1.807) is 7.05 Å². The van der Waals surface area contributed by atoms with Crippen LogP contribution in [-0.2, 0) is 0 Å². The minimum Gasteiger partial charge on any atom is -0.301 e. The lowest BCUT2D eigenvalue weighted by Crippen LogP contribution is -2.14. The normalized spacial score (nSPS) is 12.3. The summed E-state index contributed by atoms with van der Waals surface area (Å²) >= 11 is 0. The topological polar surface area (TPSA) is 35.8 Å². The van der Waals surface area contributed by atoms with Gasteiger partial charge < -0.3 is 5.32 Å². The summed E-state index contributed by atoms with van der Waals surface area (Å²) in [4.78, 5) is 0. The van der Waals surface area contributed by atoms with Gasteiger partial charge in [-0.1, -0.05) is 42.5 Å². The molecule has 0 fully saturated rings. The molecule has 74 valence electrons. The van der Waals surface area contributed by atoms with Gasteiger partial charge in [0.1, 0.15) is 6.04 Å². The summed E-state index contributed by atoms with van der Waals surface area (Å²) in [5, 5.41) is 14.3. The summed E-state index contributed by atoms with van der Waals surface area (Å²) in [5.41, 5.74) is 1.04. The second-order valence-electron chi connectivity index (χ2n) is 3.42. The largest absolute Gasteiger partial charge is 0.301 e. The van der Waals surface area contributed by atoms with Crippen LogP contribution < -0.4 is 5.32 Å². The molecule has 0 aliphatic heterocycles. The number of benzene rings is 2. The Morgan fingerprint density at radius 2 is 1.87 bits per heavy atom. The molecular weight excluding hydrogens is 184 g/mol. The van der Waals surface area contributed by atoms with Gasteiger partial charge in [0.2, 0.25) is 0 Å². The first kappa shape index (κ1) is 9.70. The van der Waals surface area contributed by atoms with Crippen molar-refractivity contribution in [3.8, 4) is 6.07 Å². The Kier molecular flexibility index (Phi) is 2.66. The minimum atomic E-state index is -0.240. The van der Waals surface area contributed by atoms with Gasteiger partial charge in [-0.15, -0.1) is 0 Å². The van der Waals surface area contributed by atoms with E-state index in [0.717, 1.165) is 10.9 Å². The molecule has 0 saturated carbocycles. The SMILES string of the molecule is CN[C@H](C#N)c1cccc2ccccc12. The van der Waals surface area contributed by atoms with E-state index in [0.29, 0.717) is 0 Å². The minimum absolute atomic E-state index is 0.240. The average Bonchev–Trinajstić information content (AvgIpc) is 2.31. The summed E-state index contributed by atoms with van der Waals surface area (Å²) in [6.45, 7) is 0. The fourth-order valence-corrected chi connectivity index (χ4v) is 1.79. The van der Waals surface area contributed by atoms with Crippen LogP contribution in [0.1, 0.15) is 11.6 Å². The fraction of sp³-hybridized carbons (Fsp3) is 0.154. The summed E-state index contributed by atoms with van der Waals surface area (Å²) in [6, 6.07) is 16.2. The molecule has 15 heavy (non-hydrogen) atoms. The standard InChI is InChI=1S/C13H12N2/c1-15-13(9-14)12-8-4-6-10-5-2-3-7-11(10)12/h2-8,13,15H,1H3/t13-/m1/s1. The molecule has 2 aromatic carbocycles. The van der Waals surface area contributed by atoms with E-state index in [1.165, 1.54) is 5.39 Å². The molecule has 0 spiro atoms. The highest BCUT2D eigenvalue weighted by Crippen LogP contribution is 2.23. The van der Waals surface area contributed by atoms with Gasteiger partial charge in [0.25, 0.3) is 0 Å². The summed E-state index contributed by atoms with van der Waals surface area (Å²) in [5.74, 6) is 0. The number of rotatable bonds is 2. The van der Waals surface area contributed by atoms with Crippen LogP contribution in [0.25, 0.3) is 10.8 Å². The maximum Gasteiger partial charge on any atom is 0.121 e. The molecule has 0 amide bonds. The zero-order valence-corrected chi connectivity index (χ0v) is 8.57. The van der Waals surface area contributed by atoms with Crippen LogP contribution in [0.4, 0.5) is 0 Å². The first-order valence-corrected chi connectivity index (χ1v) is 4.91. The molecule has 0 aliphatic rings. The van der Waals surface area contributed by atoms with Gasteiger partial charge in [-0.05, 0) is 23.4 Å². The lowest BCUT2D eigenvalue weighted by atomic mass is 10.00. The maximum atomic E-state index is 9.03. The second-order valence-corrected chi connectivity index (χ2v) is 3.42. The van der Waals surface area contributed by atoms with Gasteiger partial charge in [-0.2, -0.15) is 5.26 Å². The molecule has 0 saturated heterocycles. The maximum absolute atomic E-state index is 9.03. The highest BCUT2D eigenvalue weighted by Gasteiger charge is 2.10. The van der Waals surface area contributed by atoms with Crippen molar-refractivity contribution in [2.75, 3.05) is 7.05 Å². The van der Waals surface area contributed by atoms with Crippen molar-refractivity contribution >= 4 is 10.8 Å². The van der Waals surface area contributed by atoms with Crippen molar-refractivity contribution in [3.05, 3.63) is 48.0 Å². The Hall–Kier alpha value is -1.85. The summed E-state index contributed by atoms with van der Waals surface area (Å²) in [6.07, 6.45) is 0. The van der Waals surface area contributed by atoms with Gasteiger partial charge in [-0.25, -0.2) is 0 Å². The molecule has 2 rings (SSSR count). The van der Waals surface area contributed by atoms with E-state index in [-0.39, 0.29) is 6.04 Å². The van der Waals surface area contributed by atoms with E-state index >= 15 is 0 Å². The van der Waals surface area contributed by atoms with Crippen molar-refractivity contribution in [1.29, 1.82) is 5.26 Å². The van der Waals surface area contributed by atoms with E-state index in [4.69, 9.17) is 5.26 Å². The van der Waals surface area contributed by atoms with Crippen molar-refractivity contribution in [3.63, 3.8) is 0 Å². The molecule has 2 aromatic rings. The van der Waals surface area contributed by atoms with Crippen LogP contribution in [0.3, 0.4) is 0 Å². The summed E-state index contributed by atoms with van der Waals surface area (Å²) in [7, 11) is 1.80. The highest BCUT2D eigenvalue weighted by atomic mass is 14.9. The van der Waals surface area contributed by atoms with Gasteiger partial charge in [0.15, 0.2) is 0 Å². The third-order valence-electron chi connectivity index (χ3n) is 2.55. The van der Waals surface area contributed by atoms with Gasteiger partial charge in [0.05, 0.1) is 6.07 Å². The molecule has 1 atom stereocenters. The van der Waals surface area contributed by atoms with Crippen LogP contribution >= 0.6 is 0 Å². The number of nitriles is 1. The Labute approximate surface area is 89.2 Å². The smallest absolute Gasteiger partial charge is 0.121 e. The van der Waals surface area contributed by atoms with Crippen LogP contribution in [-0.4, -0.2) is 7.05 Å². The van der Waals surface area contributed by atoms with Crippen molar-refractivity contribution in [1.82, 2.24) is 5.32 Å². The van der Waals surface area contributed by atoms with Gasteiger partial charge in [-0.3, -0.25) is 0 Å². The molecule has 0 radical (unpaired) electrons. The lowest BCUT2D eigenvalue weighted by molar-refractivity contribution is 0.732. The Bertz CT molecular complexity index is 506. The zero-order chi connectivity index (χ0) is 10.7. The third-order valence-corrected chi connectivity index (χ3v) is 2.55. The predicted molar refractivity (Wildman–Crippen MR) is 61.4 cm³/mol. The van der Waals surface area contributed by atoms with E-state index < -0.39 is 0 Å². The van der Waals surface area contributed by atoms with Gasteiger partial charge in [0, 0.05) is 0 Å². The molecule has 2 heteroatoms. The highest BCUT2D eigenvalue weighted by molar-refractivity contribution is 5.86. The van der Waals surface area contributed by atoms with Crippen LogP contribution in [0.5, 0.6) is 0 Å². The number of nitrogens with one attached hydrogen (secondary N) is 1. The molecule has 0 aromatic heterocycles. The first-order chi connectivity index (χ1) is 7.36. The molecule has 0 heterocycles. The number of fused-ring (bicyclic) bond motifs is 1. The molecular formula is C13H12N2. The van der Waals surface area contributed by atoms with Crippen LogP contribution in [0, 0.1) is 11.3 Å². The second kappa shape index (κ2) is 4.12. The quantitative estimate of drug-likeness (QED) is 0.801. The number of hydrogen-bond acceptors (Lipinski definition) is 2. The predicted octanol–water partition coefficient (Wildman–Crippen LogP) is 2.62. The fourth-order valence-electron chi connectivity index (χ4n) is 1.79. The van der Waals surface area contributed by atoms with Gasteiger partial charge >= 0.3 is 0 Å². The molecule has 0 bridgehead atoms. The number of hydrogen-bond donors (Lipinski definition) is 1. The average molecular weight is 196 g/mol. The lowest BCUT2D eigenvalue weighted by Gasteiger charge is -2.11. The Morgan fingerprint density at radius 3 is 2.60 bits per heavy atom. The van der Waals surface area contributed by atoms with E-state index in [1.807, 2.05) is 30.3 Å². The van der Waals surface area contributed by atoms with Crippen LogP contribution in [0.15, 0.2) is 42.5 Å². The zero-order valence-electron chi connectivity index (χ0n) is 8.57. The van der Waals surface area contributed by atoms with Crippen molar-refractivity contribution in [2.24, 2.45) is 0 Å². The van der Waals surface area contributed by atoms with Crippen molar-refractivity contribution in [2.45, 2.75) is 6.04 Å². The molecule has 0 unspecified atom stereocenters.